The van der Waals surface area contributed by atoms with Crippen molar-refractivity contribution in [3.63, 3.8) is 0 Å². The predicted octanol–water partition coefficient (Wildman–Crippen LogP) is 2.02. The van der Waals surface area contributed by atoms with Gasteiger partial charge in [-0.15, -0.1) is 8.78 Å². The van der Waals surface area contributed by atoms with Crippen LogP contribution in [-0.4, -0.2) is 43.7 Å². The van der Waals surface area contributed by atoms with Crippen LogP contribution in [0.2, 0.25) is 0 Å². The highest BCUT2D eigenvalue weighted by Crippen LogP contribution is 2.41. The summed E-state index contributed by atoms with van der Waals surface area (Å²) in [5, 5.41) is 0. The molecule has 0 bridgehead atoms. The summed E-state index contributed by atoms with van der Waals surface area (Å²) >= 11 is 0. The van der Waals surface area contributed by atoms with Crippen LogP contribution in [-0.2, 0) is 16.4 Å². The Labute approximate surface area is 127 Å². The third kappa shape index (κ3) is 3.17. The lowest BCUT2D eigenvalue weighted by molar-refractivity contribution is -0.286. The average molecular weight is 333 g/mol. The van der Waals surface area contributed by atoms with E-state index in [1.54, 1.807) is 6.07 Å². The molecule has 0 radical (unpaired) electrons. The van der Waals surface area contributed by atoms with Crippen molar-refractivity contribution in [1.82, 2.24) is 4.90 Å². The number of halogens is 2. The molecule has 1 atom stereocenters. The van der Waals surface area contributed by atoms with Crippen molar-refractivity contribution in [1.29, 1.82) is 0 Å². The molecule has 2 heterocycles. The van der Waals surface area contributed by atoms with E-state index < -0.39 is 16.1 Å². The van der Waals surface area contributed by atoms with Gasteiger partial charge in [-0.05, 0) is 30.7 Å². The van der Waals surface area contributed by atoms with Crippen LogP contribution in [0.5, 0.6) is 11.5 Å². The van der Waals surface area contributed by atoms with Gasteiger partial charge >= 0.3 is 6.29 Å². The van der Waals surface area contributed by atoms with Crippen molar-refractivity contribution >= 4 is 9.84 Å². The van der Waals surface area contributed by atoms with Crippen LogP contribution in [0.4, 0.5) is 8.78 Å². The molecule has 0 spiro atoms. The molecule has 2 aliphatic heterocycles. The molecule has 1 aromatic rings. The van der Waals surface area contributed by atoms with Crippen molar-refractivity contribution in [2.75, 3.05) is 18.1 Å². The van der Waals surface area contributed by atoms with Gasteiger partial charge in [0.25, 0.3) is 0 Å². The molecule has 0 unspecified atom stereocenters. The van der Waals surface area contributed by atoms with Gasteiger partial charge in [-0.25, -0.2) is 8.42 Å². The molecule has 1 aromatic carbocycles. The number of benzene rings is 1. The third-order valence-corrected chi connectivity index (χ3v) is 5.73. The predicted molar refractivity (Wildman–Crippen MR) is 75.8 cm³/mol. The SMILES string of the molecule is CCN(Cc1ccc2c(c1)OC(F)(F)O2)[C@H]1CCS(=O)(=O)C1. The minimum absolute atomic E-state index is 0.0117. The van der Waals surface area contributed by atoms with Crippen LogP contribution in [0, 0.1) is 0 Å². The van der Waals surface area contributed by atoms with Crippen molar-refractivity contribution in [3.8, 4) is 11.5 Å². The summed E-state index contributed by atoms with van der Waals surface area (Å²) in [7, 11) is -2.95. The first kappa shape index (κ1) is 15.5. The minimum atomic E-state index is -3.62. The normalized spacial score (nSPS) is 24.8. The zero-order chi connectivity index (χ0) is 16.0. The number of nitrogens with zero attached hydrogens (tertiary/aromatic N) is 1. The molecule has 5 nitrogen and oxygen atoms in total. The maximum Gasteiger partial charge on any atom is 0.586 e. The summed E-state index contributed by atoms with van der Waals surface area (Å²) in [6.07, 6.45) is -3.01. The summed E-state index contributed by atoms with van der Waals surface area (Å²) in [6, 6.07) is 4.63. The van der Waals surface area contributed by atoms with E-state index in [9.17, 15) is 17.2 Å². The molecule has 0 saturated carbocycles. The van der Waals surface area contributed by atoms with Crippen LogP contribution in [0.3, 0.4) is 0 Å². The maximum atomic E-state index is 13.0. The number of ether oxygens (including phenoxy) is 2. The summed E-state index contributed by atoms with van der Waals surface area (Å²) in [5.74, 6) is 0.392. The van der Waals surface area contributed by atoms with Gasteiger partial charge in [0.1, 0.15) is 0 Å². The summed E-state index contributed by atoms with van der Waals surface area (Å²) in [4.78, 5) is 2.04. The Balaban J connectivity index is 1.73. The molecule has 0 N–H and O–H groups in total. The number of alkyl halides is 2. The van der Waals surface area contributed by atoms with Gasteiger partial charge in [-0.2, -0.15) is 0 Å². The lowest BCUT2D eigenvalue weighted by Crippen LogP contribution is -2.35. The monoisotopic (exact) mass is 333 g/mol. The van der Waals surface area contributed by atoms with Crippen LogP contribution in [0.25, 0.3) is 0 Å². The highest BCUT2D eigenvalue weighted by molar-refractivity contribution is 7.91. The molecule has 2 aliphatic rings. The van der Waals surface area contributed by atoms with Gasteiger partial charge in [0, 0.05) is 12.6 Å². The van der Waals surface area contributed by atoms with E-state index in [1.165, 1.54) is 12.1 Å². The zero-order valence-corrected chi connectivity index (χ0v) is 12.9. The van der Waals surface area contributed by atoms with E-state index in [1.807, 2.05) is 11.8 Å². The number of hydrogen-bond acceptors (Lipinski definition) is 5. The summed E-state index contributed by atoms with van der Waals surface area (Å²) in [6.45, 7) is 3.12. The molecule has 0 aliphatic carbocycles. The molecule has 3 rings (SSSR count). The molecule has 1 fully saturated rings. The van der Waals surface area contributed by atoms with E-state index in [0.29, 0.717) is 19.5 Å². The third-order valence-electron chi connectivity index (χ3n) is 3.98. The number of rotatable bonds is 4. The molecule has 0 amide bonds. The Bertz CT molecular complexity index is 677. The minimum Gasteiger partial charge on any atom is -0.395 e. The first-order valence-corrected chi connectivity index (χ1v) is 8.93. The Kier molecular flexibility index (Phi) is 3.76. The standard InChI is InChI=1S/C14H17F2NO4S/c1-2-17(11-5-6-22(18,19)9-11)8-10-3-4-12-13(7-10)21-14(15,16)20-12/h3-4,7,11H,2,5-6,8-9H2,1H3/t11-/m0/s1. The van der Waals surface area contributed by atoms with Crippen molar-refractivity contribution < 1.29 is 26.7 Å². The zero-order valence-electron chi connectivity index (χ0n) is 12.1. The Hall–Kier alpha value is -1.41. The highest BCUT2D eigenvalue weighted by atomic mass is 32.2. The van der Waals surface area contributed by atoms with Crippen molar-refractivity contribution in [3.05, 3.63) is 23.8 Å². The van der Waals surface area contributed by atoms with Crippen molar-refractivity contribution in [2.45, 2.75) is 32.2 Å². The molecular weight excluding hydrogens is 316 g/mol. The topological polar surface area (TPSA) is 55.8 Å². The lowest BCUT2D eigenvalue weighted by Gasteiger charge is -2.26. The summed E-state index contributed by atoms with van der Waals surface area (Å²) in [5.41, 5.74) is 0.784. The van der Waals surface area contributed by atoms with Crippen LogP contribution in [0.1, 0.15) is 18.9 Å². The van der Waals surface area contributed by atoms with Gasteiger partial charge in [0.15, 0.2) is 21.3 Å². The van der Waals surface area contributed by atoms with Gasteiger partial charge in [-0.3, -0.25) is 4.90 Å². The number of sulfone groups is 1. The molecule has 22 heavy (non-hydrogen) atoms. The number of fused-ring (bicyclic) bond motifs is 1. The second-order valence-electron chi connectivity index (χ2n) is 5.57. The smallest absolute Gasteiger partial charge is 0.395 e. The molecule has 0 aromatic heterocycles. The number of hydrogen-bond donors (Lipinski definition) is 0. The maximum absolute atomic E-state index is 13.0. The fraction of sp³-hybridized carbons (Fsp3) is 0.571. The molecule has 122 valence electrons. The lowest BCUT2D eigenvalue weighted by atomic mass is 10.1. The van der Waals surface area contributed by atoms with E-state index >= 15 is 0 Å². The van der Waals surface area contributed by atoms with E-state index in [4.69, 9.17) is 0 Å². The first-order valence-electron chi connectivity index (χ1n) is 7.11. The van der Waals surface area contributed by atoms with E-state index in [2.05, 4.69) is 9.47 Å². The van der Waals surface area contributed by atoms with Gasteiger partial charge in [0.05, 0.1) is 11.5 Å². The Morgan fingerprint density at radius 1 is 1.32 bits per heavy atom. The fourth-order valence-corrected chi connectivity index (χ4v) is 4.65. The van der Waals surface area contributed by atoms with E-state index in [-0.39, 0.29) is 29.0 Å². The van der Waals surface area contributed by atoms with Gasteiger partial charge in [0.2, 0.25) is 0 Å². The second-order valence-corrected chi connectivity index (χ2v) is 7.80. The second kappa shape index (κ2) is 5.34. The van der Waals surface area contributed by atoms with Crippen molar-refractivity contribution in [2.24, 2.45) is 0 Å². The average Bonchev–Trinajstić information content (AvgIpc) is 2.93. The molecule has 1 saturated heterocycles. The van der Waals surface area contributed by atoms with E-state index in [0.717, 1.165) is 5.56 Å². The summed E-state index contributed by atoms with van der Waals surface area (Å²) < 4.78 is 58.0. The molecular formula is C14H17F2NO4S. The largest absolute Gasteiger partial charge is 0.586 e. The Morgan fingerprint density at radius 3 is 2.68 bits per heavy atom. The van der Waals surface area contributed by atoms with Gasteiger partial charge in [-0.1, -0.05) is 13.0 Å². The molecule has 8 heteroatoms. The fourth-order valence-electron chi connectivity index (χ4n) is 2.89. The Morgan fingerprint density at radius 2 is 2.05 bits per heavy atom. The van der Waals surface area contributed by atoms with Crippen LogP contribution in [0.15, 0.2) is 18.2 Å². The first-order chi connectivity index (χ1) is 10.3. The highest BCUT2D eigenvalue weighted by Gasteiger charge is 2.43. The van der Waals surface area contributed by atoms with Crippen LogP contribution >= 0.6 is 0 Å². The van der Waals surface area contributed by atoms with Gasteiger partial charge < -0.3 is 9.47 Å². The van der Waals surface area contributed by atoms with Crippen LogP contribution < -0.4 is 9.47 Å². The quantitative estimate of drug-likeness (QED) is 0.844.